The maximum absolute atomic E-state index is 11.3. The summed E-state index contributed by atoms with van der Waals surface area (Å²) in [6, 6.07) is 9.04. The number of rotatable bonds is 4. The first-order chi connectivity index (χ1) is 9.90. The molecule has 0 bridgehead atoms. The lowest BCUT2D eigenvalue weighted by Gasteiger charge is -2.13. The molecule has 0 amide bonds. The molecule has 0 atom stereocenters. The van der Waals surface area contributed by atoms with Gasteiger partial charge in [-0.05, 0) is 86.0 Å². The van der Waals surface area contributed by atoms with E-state index in [4.69, 9.17) is 10.5 Å². The van der Waals surface area contributed by atoms with Crippen LogP contribution in [-0.4, -0.2) is 11.1 Å². The minimum absolute atomic E-state index is 0.105. The number of aromatic carboxylic acids is 1. The molecule has 4 nitrogen and oxygen atoms in total. The first-order valence-corrected chi connectivity index (χ1v) is 9.01. The highest BCUT2D eigenvalue weighted by Crippen LogP contribution is 2.30. The summed E-state index contributed by atoms with van der Waals surface area (Å²) < 4.78 is 8.93. The molecule has 110 valence electrons. The topological polar surface area (TPSA) is 72.5 Å². The number of benzene rings is 2. The van der Waals surface area contributed by atoms with Crippen LogP contribution in [-0.2, 0) is 6.61 Å². The largest absolute Gasteiger partial charge is 0.487 e. The van der Waals surface area contributed by atoms with Gasteiger partial charge in [-0.15, -0.1) is 0 Å². The van der Waals surface area contributed by atoms with Crippen LogP contribution in [0.4, 0.5) is 5.69 Å². The number of carboxylic acid groups (broad SMARTS) is 1. The third-order valence-electron chi connectivity index (χ3n) is 2.73. The van der Waals surface area contributed by atoms with Crippen molar-refractivity contribution in [2.45, 2.75) is 6.61 Å². The highest BCUT2D eigenvalue weighted by Gasteiger charge is 2.15. The predicted molar refractivity (Wildman–Crippen MR) is 107 cm³/mol. The number of hydrogen-bond donors (Lipinski definition) is 2. The molecular weight excluding hydrogens is 611 g/mol. The minimum Gasteiger partial charge on any atom is -0.487 e. The van der Waals surface area contributed by atoms with E-state index in [9.17, 15) is 9.90 Å². The quantitative estimate of drug-likeness (QED) is 0.394. The Kier molecular flexibility index (Phi) is 5.94. The predicted octanol–water partition coefficient (Wildman–Crippen LogP) is 4.36. The van der Waals surface area contributed by atoms with Gasteiger partial charge in [-0.1, -0.05) is 12.1 Å². The minimum atomic E-state index is -1.04. The van der Waals surface area contributed by atoms with Crippen LogP contribution >= 0.6 is 67.8 Å². The zero-order valence-corrected chi connectivity index (χ0v) is 17.0. The Labute approximate surface area is 162 Å². The summed E-state index contributed by atoms with van der Waals surface area (Å²) in [6.45, 7) is 0.166. The summed E-state index contributed by atoms with van der Waals surface area (Å²) in [4.78, 5) is 11.3. The number of carbonyl (C=O) groups is 1. The van der Waals surface area contributed by atoms with Gasteiger partial charge in [-0.3, -0.25) is 0 Å². The SMILES string of the molecule is Nc1cccc(COc2c(I)cc(I)cc2I)c1C(=O)O. The normalized spacial score (nSPS) is 10.4. The van der Waals surface area contributed by atoms with Crippen LogP contribution in [0.25, 0.3) is 0 Å². The number of carboxylic acids is 1. The maximum Gasteiger partial charge on any atom is 0.338 e. The molecule has 0 heterocycles. The third-order valence-corrected chi connectivity index (χ3v) is 4.96. The van der Waals surface area contributed by atoms with Crippen molar-refractivity contribution in [1.82, 2.24) is 0 Å². The molecule has 0 aliphatic rings. The number of nitrogen functional groups attached to an aromatic ring is 1. The molecule has 21 heavy (non-hydrogen) atoms. The average molecular weight is 621 g/mol. The van der Waals surface area contributed by atoms with Gasteiger partial charge in [0.15, 0.2) is 0 Å². The monoisotopic (exact) mass is 621 g/mol. The molecule has 0 spiro atoms. The summed E-state index contributed by atoms with van der Waals surface area (Å²) in [7, 11) is 0. The van der Waals surface area contributed by atoms with Crippen LogP contribution in [0.3, 0.4) is 0 Å². The van der Waals surface area contributed by atoms with Crippen LogP contribution in [0.1, 0.15) is 15.9 Å². The average Bonchev–Trinajstić information content (AvgIpc) is 2.36. The number of ether oxygens (including phenoxy) is 1. The van der Waals surface area contributed by atoms with Gasteiger partial charge in [0, 0.05) is 14.8 Å². The summed E-state index contributed by atoms with van der Waals surface area (Å²) in [5.74, 6) is -0.283. The van der Waals surface area contributed by atoms with Gasteiger partial charge in [-0.2, -0.15) is 0 Å². The Morgan fingerprint density at radius 2 is 1.81 bits per heavy atom. The molecule has 0 aliphatic carbocycles. The van der Waals surface area contributed by atoms with Crippen LogP contribution in [0, 0.1) is 10.7 Å². The first kappa shape index (κ1) is 17.1. The Hall–Kier alpha value is -0.300. The Morgan fingerprint density at radius 3 is 2.38 bits per heavy atom. The smallest absolute Gasteiger partial charge is 0.338 e. The zero-order valence-electron chi connectivity index (χ0n) is 10.6. The second-order valence-corrected chi connectivity index (χ2v) is 7.74. The molecule has 2 rings (SSSR count). The van der Waals surface area contributed by atoms with E-state index in [-0.39, 0.29) is 17.9 Å². The van der Waals surface area contributed by atoms with Crippen molar-refractivity contribution in [3.63, 3.8) is 0 Å². The summed E-state index contributed by atoms with van der Waals surface area (Å²) in [5.41, 5.74) is 6.64. The fourth-order valence-corrected chi connectivity index (χ4v) is 5.71. The van der Waals surface area contributed by atoms with E-state index in [1.165, 1.54) is 0 Å². The van der Waals surface area contributed by atoms with E-state index in [0.717, 1.165) is 16.5 Å². The zero-order chi connectivity index (χ0) is 15.6. The third kappa shape index (κ3) is 4.12. The lowest BCUT2D eigenvalue weighted by molar-refractivity contribution is 0.0695. The van der Waals surface area contributed by atoms with Crippen molar-refractivity contribution >= 4 is 79.4 Å². The van der Waals surface area contributed by atoms with E-state index in [1.807, 2.05) is 12.1 Å². The maximum atomic E-state index is 11.3. The fourth-order valence-electron chi connectivity index (χ4n) is 1.82. The molecular formula is C14H10I3NO3. The van der Waals surface area contributed by atoms with Gasteiger partial charge in [0.05, 0.1) is 12.7 Å². The van der Waals surface area contributed by atoms with Crippen LogP contribution in [0.15, 0.2) is 30.3 Å². The summed E-state index contributed by atoms with van der Waals surface area (Å²) in [6.07, 6.45) is 0. The van der Waals surface area contributed by atoms with Gasteiger partial charge >= 0.3 is 5.97 Å². The van der Waals surface area contributed by atoms with Crippen molar-refractivity contribution in [2.75, 3.05) is 5.73 Å². The molecule has 0 saturated heterocycles. The molecule has 3 N–H and O–H groups in total. The van der Waals surface area contributed by atoms with Crippen molar-refractivity contribution in [2.24, 2.45) is 0 Å². The fraction of sp³-hybridized carbons (Fsp3) is 0.0714. The second kappa shape index (κ2) is 7.31. The number of nitrogens with two attached hydrogens (primary N) is 1. The van der Waals surface area contributed by atoms with Crippen LogP contribution < -0.4 is 10.5 Å². The molecule has 7 heteroatoms. The number of anilines is 1. The van der Waals surface area contributed by atoms with Gasteiger partial charge in [0.1, 0.15) is 12.4 Å². The Balaban J connectivity index is 2.29. The molecule has 0 aliphatic heterocycles. The molecule has 2 aromatic rings. The summed E-state index contributed by atoms with van der Waals surface area (Å²) >= 11 is 6.66. The van der Waals surface area contributed by atoms with Gasteiger partial charge in [-0.25, -0.2) is 4.79 Å². The van der Waals surface area contributed by atoms with E-state index in [2.05, 4.69) is 67.8 Å². The van der Waals surface area contributed by atoms with Gasteiger partial charge < -0.3 is 15.6 Å². The highest BCUT2D eigenvalue weighted by atomic mass is 127. The van der Waals surface area contributed by atoms with E-state index < -0.39 is 5.97 Å². The Bertz CT molecular complexity index is 681. The van der Waals surface area contributed by atoms with Crippen molar-refractivity contribution in [3.05, 3.63) is 52.2 Å². The molecule has 0 unspecified atom stereocenters. The summed E-state index contributed by atoms with van der Waals surface area (Å²) in [5, 5.41) is 9.25. The van der Waals surface area contributed by atoms with Gasteiger partial charge in [0.25, 0.3) is 0 Å². The van der Waals surface area contributed by atoms with E-state index >= 15 is 0 Å². The molecule has 0 radical (unpaired) electrons. The number of hydrogen-bond acceptors (Lipinski definition) is 3. The van der Waals surface area contributed by atoms with Crippen molar-refractivity contribution in [3.8, 4) is 5.75 Å². The Morgan fingerprint density at radius 1 is 1.19 bits per heavy atom. The van der Waals surface area contributed by atoms with E-state index in [1.54, 1.807) is 18.2 Å². The van der Waals surface area contributed by atoms with E-state index in [0.29, 0.717) is 5.56 Å². The molecule has 0 fully saturated rings. The first-order valence-electron chi connectivity index (χ1n) is 5.78. The second-order valence-electron chi connectivity index (χ2n) is 4.17. The lowest BCUT2D eigenvalue weighted by atomic mass is 10.1. The highest BCUT2D eigenvalue weighted by molar-refractivity contribution is 14.1. The van der Waals surface area contributed by atoms with Gasteiger partial charge in [0.2, 0.25) is 0 Å². The molecule has 0 saturated carbocycles. The molecule has 2 aromatic carbocycles. The standard InChI is InChI=1S/C14H10I3NO3/c15-8-4-9(16)13(10(17)5-8)21-6-7-2-1-3-11(18)12(7)14(19)20/h1-5H,6,18H2,(H,19,20). The van der Waals surface area contributed by atoms with Crippen LogP contribution in [0.2, 0.25) is 0 Å². The lowest BCUT2D eigenvalue weighted by Crippen LogP contribution is -2.09. The number of halogens is 3. The molecule has 0 aromatic heterocycles. The van der Waals surface area contributed by atoms with Crippen molar-refractivity contribution in [1.29, 1.82) is 0 Å². The van der Waals surface area contributed by atoms with Crippen LogP contribution in [0.5, 0.6) is 5.75 Å². The van der Waals surface area contributed by atoms with Crippen molar-refractivity contribution < 1.29 is 14.6 Å².